The van der Waals surface area contributed by atoms with Gasteiger partial charge in [0, 0.05) is 9.85 Å². The van der Waals surface area contributed by atoms with E-state index in [1.54, 1.807) is 0 Å². The van der Waals surface area contributed by atoms with Gasteiger partial charge in [-0.1, -0.05) is 52.3 Å². The summed E-state index contributed by atoms with van der Waals surface area (Å²) in [6.45, 7) is 2.16. The molecule has 100 valence electrons. The Morgan fingerprint density at radius 2 is 1.89 bits per heavy atom. The van der Waals surface area contributed by atoms with Crippen LogP contribution in [0.4, 0.5) is 0 Å². The number of benzene rings is 2. The van der Waals surface area contributed by atoms with E-state index in [-0.39, 0.29) is 5.38 Å². The predicted octanol–water partition coefficient (Wildman–Crippen LogP) is 5.54. The second-order valence-corrected chi connectivity index (χ2v) is 6.43. The molecule has 0 aliphatic carbocycles. The highest BCUT2D eigenvalue weighted by molar-refractivity contribution is 9.10. The summed E-state index contributed by atoms with van der Waals surface area (Å²) in [7, 11) is 0. The number of aryl methyl sites for hydroxylation is 2. The molecule has 0 spiro atoms. The van der Waals surface area contributed by atoms with E-state index in [4.69, 9.17) is 11.6 Å². The summed E-state index contributed by atoms with van der Waals surface area (Å²) in [5.74, 6) is 0. The van der Waals surface area contributed by atoms with Gasteiger partial charge in [-0.2, -0.15) is 0 Å². The summed E-state index contributed by atoms with van der Waals surface area (Å²) in [6.07, 6.45) is 2.99. The second kappa shape index (κ2) is 7.12. The zero-order valence-electron chi connectivity index (χ0n) is 11.1. The first-order valence-electron chi connectivity index (χ1n) is 6.58. The van der Waals surface area contributed by atoms with E-state index in [2.05, 4.69) is 65.3 Å². The first-order chi connectivity index (χ1) is 9.15. The fourth-order valence-corrected chi connectivity index (χ4v) is 2.96. The maximum absolute atomic E-state index is 6.45. The second-order valence-electron chi connectivity index (χ2n) is 4.90. The van der Waals surface area contributed by atoms with Gasteiger partial charge in [-0.05, 0) is 55.0 Å². The van der Waals surface area contributed by atoms with Gasteiger partial charge in [0.1, 0.15) is 0 Å². The largest absolute Gasteiger partial charge is 0.123 e. The van der Waals surface area contributed by atoms with Gasteiger partial charge >= 0.3 is 0 Å². The summed E-state index contributed by atoms with van der Waals surface area (Å²) in [6, 6.07) is 16.9. The molecule has 0 amide bonds. The monoisotopic (exact) mass is 336 g/mol. The molecule has 0 saturated carbocycles. The van der Waals surface area contributed by atoms with Crippen molar-refractivity contribution in [2.45, 2.75) is 31.6 Å². The van der Waals surface area contributed by atoms with Crippen molar-refractivity contribution in [3.8, 4) is 0 Å². The third-order valence-corrected chi connectivity index (χ3v) is 4.20. The molecule has 0 aromatic heterocycles. The standard InChI is InChI=1S/C17H18BrCl/c1-13-5-2-3-7-15(13)9-10-17(19)12-14-6-4-8-16(18)11-14/h2-8,11,17H,9-10,12H2,1H3. The van der Waals surface area contributed by atoms with Crippen molar-refractivity contribution in [3.05, 3.63) is 69.7 Å². The summed E-state index contributed by atoms with van der Waals surface area (Å²) in [5.41, 5.74) is 4.05. The fraction of sp³-hybridized carbons (Fsp3) is 0.294. The molecular weight excluding hydrogens is 320 g/mol. The van der Waals surface area contributed by atoms with Crippen LogP contribution in [0, 0.1) is 6.92 Å². The highest BCUT2D eigenvalue weighted by atomic mass is 79.9. The van der Waals surface area contributed by atoms with Gasteiger partial charge in [-0.3, -0.25) is 0 Å². The minimum absolute atomic E-state index is 0.189. The normalized spacial score (nSPS) is 12.4. The number of halogens is 2. The minimum Gasteiger partial charge on any atom is -0.123 e. The van der Waals surface area contributed by atoms with E-state index in [1.165, 1.54) is 16.7 Å². The summed E-state index contributed by atoms with van der Waals surface area (Å²) >= 11 is 9.95. The lowest BCUT2D eigenvalue weighted by molar-refractivity contribution is 0.741. The van der Waals surface area contributed by atoms with E-state index >= 15 is 0 Å². The van der Waals surface area contributed by atoms with Crippen LogP contribution in [-0.4, -0.2) is 5.38 Å². The Balaban J connectivity index is 1.88. The van der Waals surface area contributed by atoms with Gasteiger partial charge in [-0.25, -0.2) is 0 Å². The number of rotatable bonds is 5. The Morgan fingerprint density at radius 1 is 1.11 bits per heavy atom. The lowest BCUT2D eigenvalue weighted by Crippen LogP contribution is -2.05. The molecule has 1 unspecified atom stereocenters. The lowest BCUT2D eigenvalue weighted by Gasteiger charge is -2.11. The van der Waals surface area contributed by atoms with Gasteiger partial charge in [0.05, 0.1) is 0 Å². The van der Waals surface area contributed by atoms with Crippen molar-refractivity contribution in [1.29, 1.82) is 0 Å². The van der Waals surface area contributed by atoms with Crippen LogP contribution in [0.1, 0.15) is 23.1 Å². The maximum atomic E-state index is 6.45. The van der Waals surface area contributed by atoms with E-state index in [9.17, 15) is 0 Å². The van der Waals surface area contributed by atoms with Crippen LogP contribution in [0.3, 0.4) is 0 Å². The van der Waals surface area contributed by atoms with Crippen LogP contribution in [0.15, 0.2) is 53.0 Å². The zero-order chi connectivity index (χ0) is 13.7. The molecular formula is C17H18BrCl. The Hall–Kier alpha value is -0.790. The molecule has 0 saturated heterocycles. The summed E-state index contributed by atoms with van der Waals surface area (Å²) in [4.78, 5) is 0. The van der Waals surface area contributed by atoms with Crippen LogP contribution in [-0.2, 0) is 12.8 Å². The van der Waals surface area contributed by atoms with Gasteiger partial charge in [0.25, 0.3) is 0 Å². The fourth-order valence-electron chi connectivity index (χ4n) is 2.22. The quantitative estimate of drug-likeness (QED) is 0.628. The lowest BCUT2D eigenvalue weighted by atomic mass is 10.0. The number of alkyl halides is 1. The maximum Gasteiger partial charge on any atom is 0.0379 e. The Morgan fingerprint density at radius 3 is 2.63 bits per heavy atom. The van der Waals surface area contributed by atoms with Crippen molar-refractivity contribution in [3.63, 3.8) is 0 Å². The minimum atomic E-state index is 0.189. The highest BCUT2D eigenvalue weighted by Gasteiger charge is 2.07. The Kier molecular flexibility index (Phi) is 5.47. The topological polar surface area (TPSA) is 0 Å². The molecule has 2 aromatic carbocycles. The van der Waals surface area contributed by atoms with Crippen LogP contribution < -0.4 is 0 Å². The van der Waals surface area contributed by atoms with Crippen molar-refractivity contribution < 1.29 is 0 Å². The molecule has 2 rings (SSSR count). The number of hydrogen-bond donors (Lipinski definition) is 0. The van der Waals surface area contributed by atoms with Crippen molar-refractivity contribution in [2.75, 3.05) is 0 Å². The SMILES string of the molecule is Cc1ccccc1CCC(Cl)Cc1cccc(Br)c1. The predicted molar refractivity (Wildman–Crippen MR) is 87.0 cm³/mol. The molecule has 0 N–H and O–H groups in total. The number of hydrogen-bond acceptors (Lipinski definition) is 0. The summed E-state index contributed by atoms with van der Waals surface area (Å²) < 4.78 is 1.12. The molecule has 0 aliphatic rings. The molecule has 0 heterocycles. The van der Waals surface area contributed by atoms with Gasteiger partial charge < -0.3 is 0 Å². The average Bonchev–Trinajstić information content (AvgIpc) is 2.38. The average molecular weight is 338 g/mol. The van der Waals surface area contributed by atoms with Crippen molar-refractivity contribution in [2.24, 2.45) is 0 Å². The van der Waals surface area contributed by atoms with E-state index in [1.807, 2.05) is 6.07 Å². The highest BCUT2D eigenvalue weighted by Crippen LogP contribution is 2.19. The van der Waals surface area contributed by atoms with Crippen LogP contribution >= 0.6 is 27.5 Å². The van der Waals surface area contributed by atoms with Crippen molar-refractivity contribution in [1.82, 2.24) is 0 Å². The summed E-state index contributed by atoms with van der Waals surface area (Å²) in [5, 5.41) is 0.189. The molecule has 0 aliphatic heterocycles. The van der Waals surface area contributed by atoms with Gasteiger partial charge in [-0.15, -0.1) is 11.6 Å². The Bertz CT molecular complexity index is 536. The molecule has 1 atom stereocenters. The molecule has 19 heavy (non-hydrogen) atoms. The molecule has 0 nitrogen and oxygen atoms in total. The molecule has 2 aromatic rings. The third kappa shape index (κ3) is 4.67. The van der Waals surface area contributed by atoms with Crippen LogP contribution in [0.5, 0.6) is 0 Å². The first-order valence-corrected chi connectivity index (χ1v) is 7.81. The third-order valence-electron chi connectivity index (χ3n) is 3.33. The van der Waals surface area contributed by atoms with Crippen LogP contribution in [0.2, 0.25) is 0 Å². The smallest absolute Gasteiger partial charge is 0.0379 e. The molecule has 0 radical (unpaired) electrons. The zero-order valence-corrected chi connectivity index (χ0v) is 13.4. The Labute approximate surface area is 128 Å². The van der Waals surface area contributed by atoms with Gasteiger partial charge in [0.15, 0.2) is 0 Å². The molecule has 2 heteroatoms. The van der Waals surface area contributed by atoms with Crippen molar-refractivity contribution >= 4 is 27.5 Å². The van der Waals surface area contributed by atoms with Gasteiger partial charge in [0.2, 0.25) is 0 Å². The molecule has 0 fully saturated rings. The van der Waals surface area contributed by atoms with E-state index in [0.29, 0.717) is 0 Å². The van der Waals surface area contributed by atoms with Crippen LogP contribution in [0.25, 0.3) is 0 Å². The molecule has 0 bridgehead atoms. The van der Waals surface area contributed by atoms with E-state index in [0.717, 1.165) is 23.7 Å². The first kappa shape index (κ1) is 14.6. The van der Waals surface area contributed by atoms with E-state index < -0.39 is 0 Å².